The minimum atomic E-state index is 0.225. The van der Waals surface area contributed by atoms with Gasteiger partial charge in [0.1, 0.15) is 5.82 Å². The summed E-state index contributed by atoms with van der Waals surface area (Å²) in [4.78, 5) is 8.66. The van der Waals surface area contributed by atoms with Crippen molar-refractivity contribution in [1.29, 1.82) is 0 Å². The Morgan fingerprint density at radius 2 is 1.79 bits per heavy atom. The standard InChI is InChI=1S/C16H21N3/c1-11-7-12(2)9-14(8-11)10-16(17-4)15-5-6-18-13(3)19-15/h5-9,16-17H,10H2,1-4H3. The number of likely N-dealkylation sites (N-methyl/N-ethyl adjacent to an activating group) is 1. The van der Waals surface area contributed by atoms with Gasteiger partial charge < -0.3 is 5.32 Å². The van der Waals surface area contributed by atoms with E-state index in [9.17, 15) is 0 Å². The fourth-order valence-electron chi connectivity index (χ4n) is 2.45. The molecule has 1 aromatic heterocycles. The topological polar surface area (TPSA) is 37.8 Å². The first-order chi connectivity index (χ1) is 9.08. The van der Waals surface area contributed by atoms with Crippen molar-refractivity contribution in [3.63, 3.8) is 0 Å². The van der Waals surface area contributed by atoms with E-state index in [2.05, 4.69) is 47.3 Å². The lowest BCUT2D eigenvalue weighted by molar-refractivity contribution is 0.572. The van der Waals surface area contributed by atoms with Crippen molar-refractivity contribution in [2.75, 3.05) is 7.05 Å². The highest BCUT2D eigenvalue weighted by Crippen LogP contribution is 2.18. The molecule has 0 fully saturated rings. The van der Waals surface area contributed by atoms with Crippen molar-refractivity contribution in [1.82, 2.24) is 15.3 Å². The summed E-state index contributed by atoms with van der Waals surface area (Å²) in [7, 11) is 1.98. The van der Waals surface area contributed by atoms with Crippen molar-refractivity contribution < 1.29 is 0 Å². The van der Waals surface area contributed by atoms with Gasteiger partial charge in [0.2, 0.25) is 0 Å². The highest BCUT2D eigenvalue weighted by atomic mass is 14.9. The maximum atomic E-state index is 4.51. The van der Waals surface area contributed by atoms with Crippen molar-refractivity contribution in [3.05, 3.63) is 58.7 Å². The minimum absolute atomic E-state index is 0.225. The Labute approximate surface area is 115 Å². The molecule has 0 saturated heterocycles. The van der Waals surface area contributed by atoms with E-state index >= 15 is 0 Å². The van der Waals surface area contributed by atoms with Gasteiger partial charge in [-0.05, 0) is 45.9 Å². The predicted molar refractivity (Wildman–Crippen MR) is 78.2 cm³/mol. The van der Waals surface area contributed by atoms with E-state index in [1.165, 1.54) is 16.7 Å². The second-order valence-corrected chi connectivity index (χ2v) is 5.07. The van der Waals surface area contributed by atoms with Crippen LogP contribution >= 0.6 is 0 Å². The number of aryl methyl sites for hydroxylation is 3. The number of benzene rings is 1. The van der Waals surface area contributed by atoms with Crippen LogP contribution in [0.15, 0.2) is 30.5 Å². The van der Waals surface area contributed by atoms with Crippen LogP contribution < -0.4 is 5.32 Å². The van der Waals surface area contributed by atoms with Crippen LogP contribution in [0.2, 0.25) is 0 Å². The summed E-state index contributed by atoms with van der Waals surface area (Å²) >= 11 is 0. The van der Waals surface area contributed by atoms with Crippen LogP contribution in [0, 0.1) is 20.8 Å². The first-order valence-corrected chi connectivity index (χ1v) is 6.62. The molecule has 0 aliphatic rings. The lowest BCUT2D eigenvalue weighted by atomic mass is 9.99. The van der Waals surface area contributed by atoms with E-state index in [1.807, 2.05) is 26.2 Å². The summed E-state index contributed by atoms with van der Waals surface area (Å²) in [5.41, 5.74) is 5.01. The predicted octanol–water partition coefficient (Wildman–Crippen LogP) is 2.91. The van der Waals surface area contributed by atoms with Gasteiger partial charge in [-0.3, -0.25) is 0 Å². The summed E-state index contributed by atoms with van der Waals surface area (Å²) in [6.45, 7) is 6.20. The van der Waals surface area contributed by atoms with Gasteiger partial charge >= 0.3 is 0 Å². The molecule has 0 saturated carbocycles. The van der Waals surface area contributed by atoms with Crippen molar-refractivity contribution in [2.45, 2.75) is 33.2 Å². The van der Waals surface area contributed by atoms with Crippen LogP contribution in [0.1, 0.15) is 34.3 Å². The SMILES string of the molecule is CNC(Cc1cc(C)cc(C)c1)c1ccnc(C)n1. The Morgan fingerprint density at radius 3 is 2.37 bits per heavy atom. The summed E-state index contributed by atoms with van der Waals surface area (Å²) in [6, 6.07) is 8.89. The van der Waals surface area contributed by atoms with Crippen molar-refractivity contribution >= 4 is 0 Å². The molecule has 2 rings (SSSR count). The summed E-state index contributed by atoms with van der Waals surface area (Å²) in [5, 5.41) is 3.34. The third-order valence-corrected chi connectivity index (χ3v) is 3.22. The first-order valence-electron chi connectivity index (χ1n) is 6.62. The normalized spacial score (nSPS) is 12.4. The Morgan fingerprint density at radius 1 is 1.11 bits per heavy atom. The van der Waals surface area contributed by atoms with E-state index in [1.54, 1.807) is 0 Å². The van der Waals surface area contributed by atoms with Crippen LogP contribution in [-0.4, -0.2) is 17.0 Å². The van der Waals surface area contributed by atoms with Gasteiger partial charge in [-0.15, -0.1) is 0 Å². The van der Waals surface area contributed by atoms with E-state index in [0.717, 1.165) is 17.9 Å². The lowest BCUT2D eigenvalue weighted by Gasteiger charge is -2.16. The van der Waals surface area contributed by atoms with Crippen molar-refractivity contribution in [2.24, 2.45) is 0 Å². The molecule has 0 aliphatic carbocycles. The molecule has 1 heterocycles. The third-order valence-electron chi connectivity index (χ3n) is 3.22. The molecule has 0 amide bonds. The zero-order valence-corrected chi connectivity index (χ0v) is 12.1. The number of nitrogens with one attached hydrogen (secondary N) is 1. The number of hydrogen-bond acceptors (Lipinski definition) is 3. The van der Waals surface area contributed by atoms with Crippen LogP contribution in [0.3, 0.4) is 0 Å². The van der Waals surface area contributed by atoms with E-state index < -0.39 is 0 Å². The molecule has 0 bridgehead atoms. The Kier molecular flexibility index (Phi) is 4.27. The summed E-state index contributed by atoms with van der Waals surface area (Å²) in [6.07, 6.45) is 2.76. The number of rotatable bonds is 4. The molecule has 2 aromatic rings. The molecule has 100 valence electrons. The van der Waals surface area contributed by atoms with Gasteiger partial charge in [0.05, 0.1) is 11.7 Å². The third kappa shape index (κ3) is 3.61. The largest absolute Gasteiger partial charge is 0.311 e. The van der Waals surface area contributed by atoms with E-state index in [0.29, 0.717) is 0 Å². The van der Waals surface area contributed by atoms with Gasteiger partial charge in [-0.25, -0.2) is 9.97 Å². The molecule has 1 N–H and O–H groups in total. The van der Waals surface area contributed by atoms with E-state index in [4.69, 9.17) is 0 Å². The summed E-state index contributed by atoms with van der Waals surface area (Å²) < 4.78 is 0. The minimum Gasteiger partial charge on any atom is -0.311 e. The van der Waals surface area contributed by atoms with Crippen LogP contribution in [0.4, 0.5) is 0 Å². The fourth-order valence-corrected chi connectivity index (χ4v) is 2.45. The monoisotopic (exact) mass is 255 g/mol. The molecule has 0 radical (unpaired) electrons. The number of aromatic nitrogens is 2. The van der Waals surface area contributed by atoms with Crippen molar-refractivity contribution in [3.8, 4) is 0 Å². The molecule has 1 unspecified atom stereocenters. The molecular formula is C16H21N3. The second-order valence-electron chi connectivity index (χ2n) is 5.07. The van der Waals surface area contributed by atoms with Crippen LogP contribution in [-0.2, 0) is 6.42 Å². The zero-order chi connectivity index (χ0) is 13.8. The average molecular weight is 255 g/mol. The Bertz CT molecular complexity index is 543. The quantitative estimate of drug-likeness (QED) is 0.913. The average Bonchev–Trinajstić information content (AvgIpc) is 2.34. The molecule has 3 nitrogen and oxygen atoms in total. The number of nitrogens with zero attached hydrogens (tertiary/aromatic N) is 2. The molecular weight excluding hydrogens is 234 g/mol. The second kappa shape index (κ2) is 5.93. The molecule has 1 atom stereocenters. The number of hydrogen-bond donors (Lipinski definition) is 1. The maximum Gasteiger partial charge on any atom is 0.125 e. The highest BCUT2D eigenvalue weighted by Gasteiger charge is 2.12. The molecule has 3 heteroatoms. The van der Waals surface area contributed by atoms with Crippen LogP contribution in [0.25, 0.3) is 0 Å². The van der Waals surface area contributed by atoms with Gasteiger partial charge in [0.15, 0.2) is 0 Å². The fraction of sp³-hybridized carbons (Fsp3) is 0.375. The molecule has 0 aliphatic heterocycles. The summed E-state index contributed by atoms with van der Waals surface area (Å²) in [5.74, 6) is 0.818. The van der Waals surface area contributed by atoms with Gasteiger partial charge in [-0.2, -0.15) is 0 Å². The smallest absolute Gasteiger partial charge is 0.125 e. The maximum absolute atomic E-state index is 4.51. The van der Waals surface area contributed by atoms with Crippen LogP contribution in [0.5, 0.6) is 0 Å². The van der Waals surface area contributed by atoms with Gasteiger partial charge in [0.25, 0.3) is 0 Å². The van der Waals surface area contributed by atoms with E-state index in [-0.39, 0.29) is 6.04 Å². The molecule has 1 aromatic carbocycles. The highest BCUT2D eigenvalue weighted by molar-refractivity contribution is 5.29. The Hall–Kier alpha value is -1.74. The zero-order valence-electron chi connectivity index (χ0n) is 12.1. The lowest BCUT2D eigenvalue weighted by Crippen LogP contribution is -2.20. The molecule has 0 spiro atoms. The first kappa shape index (κ1) is 13.7. The van der Waals surface area contributed by atoms with Gasteiger partial charge in [-0.1, -0.05) is 29.3 Å². The molecule has 19 heavy (non-hydrogen) atoms. The Balaban J connectivity index is 2.23. The van der Waals surface area contributed by atoms with Gasteiger partial charge in [0, 0.05) is 6.20 Å².